The Morgan fingerprint density at radius 2 is 1.93 bits per heavy atom. The zero-order valence-electron chi connectivity index (χ0n) is 15.3. The highest BCUT2D eigenvalue weighted by atomic mass is 19.1. The van der Waals surface area contributed by atoms with Crippen LogP contribution >= 0.6 is 0 Å². The Balaban J connectivity index is 1.42. The number of anilines is 1. The summed E-state index contributed by atoms with van der Waals surface area (Å²) < 4.78 is 18.2. The first-order valence-electron chi connectivity index (χ1n) is 9.22. The number of amides is 1. The van der Waals surface area contributed by atoms with Crippen molar-refractivity contribution < 1.29 is 13.9 Å². The molecule has 27 heavy (non-hydrogen) atoms. The Labute approximate surface area is 158 Å². The molecule has 0 spiro atoms. The third-order valence-corrected chi connectivity index (χ3v) is 4.47. The van der Waals surface area contributed by atoms with Crippen LogP contribution in [-0.2, 0) is 11.2 Å². The van der Waals surface area contributed by atoms with Crippen molar-refractivity contribution in [3.05, 3.63) is 59.7 Å². The van der Waals surface area contributed by atoms with Crippen molar-refractivity contribution in [2.45, 2.75) is 6.42 Å². The van der Waals surface area contributed by atoms with Crippen LogP contribution in [0, 0.1) is 5.82 Å². The van der Waals surface area contributed by atoms with Gasteiger partial charge in [0.25, 0.3) is 5.91 Å². The number of nitrogens with one attached hydrogen (secondary N) is 2. The van der Waals surface area contributed by atoms with Gasteiger partial charge in [-0.1, -0.05) is 12.1 Å². The Hall–Kier alpha value is -2.51. The van der Waals surface area contributed by atoms with Gasteiger partial charge in [0.2, 0.25) is 0 Å². The van der Waals surface area contributed by atoms with E-state index in [4.69, 9.17) is 4.74 Å². The normalized spacial score (nSPS) is 14.7. The van der Waals surface area contributed by atoms with Gasteiger partial charge < -0.3 is 15.4 Å². The summed E-state index contributed by atoms with van der Waals surface area (Å²) >= 11 is 0. The summed E-state index contributed by atoms with van der Waals surface area (Å²) in [6.45, 7) is 5.69. The number of pyridine rings is 1. The highest BCUT2D eigenvalue weighted by molar-refractivity contribution is 5.94. The molecule has 7 heteroatoms. The molecule has 3 rings (SSSR count). The van der Waals surface area contributed by atoms with E-state index in [0.29, 0.717) is 18.5 Å². The molecule has 1 amide bonds. The number of halogens is 1. The van der Waals surface area contributed by atoms with E-state index < -0.39 is 0 Å². The first-order chi connectivity index (χ1) is 13.2. The van der Waals surface area contributed by atoms with E-state index in [-0.39, 0.29) is 11.7 Å². The fourth-order valence-electron chi connectivity index (χ4n) is 2.92. The van der Waals surface area contributed by atoms with Crippen LogP contribution in [0.3, 0.4) is 0 Å². The number of aromatic nitrogens is 1. The van der Waals surface area contributed by atoms with E-state index in [1.165, 1.54) is 12.1 Å². The van der Waals surface area contributed by atoms with Gasteiger partial charge in [-0.2, -0.15) is 0 Å². The molecule has 0 unspecified atom stereocenters. The van der Waals surface area contributed by atoms with Crippen LogP contribution < -0.4 is 10.6 Å². The summed E-state index contributed by atoms with van der Waals surface area (Å²) in [5.41, 5.74) is 2.33. The van der Waals surface area contributed by atoms with E-state index in [9.17, 15) is 9.18 Å². The second-order valence-electron chi connectivity index (χ2n) is 6.48. The number of ether oxygens (including phenoxy) is 1. The number of morpholine rings is 1. The van der Waals surface area contributed by atoms with Crippen molar-refractivity contribution in [3.63, 3.8) is 0 Å². The van der Waals surface area contributed by atoms with E-state index >= 15 is 0 Å². The molecule has 0 atom stereocenters. The molecule has 1 aromatic heterocycles. The third kappa shape index (κ3) is 6.30. The van der Waals surface area contributed by atoms with Gasteiger partial charge in [-0.25, -0.2) is 4.39 Å². The van der Waals surface area contributed by atoms with Crippen LogP contribution in [0.2, 0.25) is 0 Å². The van der Waals surface area contributed by atoms with Gasteiger partial charge in [-0.05, 0) is 30.2 Å². The molecule has 6 nitrogen and oxygen atoms in total. The van der Waals surface area contributed by atoms with Gasteiger partial charge in [-0.15, -0.1) is 0 Å². The number of carbonyl (C=O) groups excluding carboxylic acids is 1. The van der Waals surface area contributed by atoms with E-state index in [1.54, 1.807) is 30.6 Å². The Kier molecular flexibility index (Phi) is 7.12. The number of hydrogen-bond donors (Lipinski definition) is 2. The summed E-state index contributed by atoms with van der Waals surface area (Å²) in [6.07, 6.45) is 3.92. The zero-order chi connectivity index (χ0) is 18.9. The Morgan fingerprint density at radius 1 is 1.15 bits per heavy atom. The monoisotopic (exact) mass is 372 g/mol. The fourth-order valence-corrected chi connectivity index (χ4v) is 2.92. The smallest absolute Gasteiger partial charge is 0.252 e. The maximum absolute atomic E-state index is 12.9. The van der Waals surface area contributed by atoms with Crippen molar-refractivity contribution >= 4 is 11.6 Å². The second kappa shape index (κ2) is 9.99. The van der Waals surface area contributed by atoms with Crippen molar-refractivity contribution in [2.75, 3.05) is 51.3 Å². The number of benzene rings is 1. The topological polar surface area (TPSA) is 66.5 Å². The predicted molar refractivity (Wildman–Crippen MR) is 102 cm³/mol. The maximum Gasteiger partial charge on any atom is 0.252 e. The number of carbonyl (C=O) groups is 1. The third-order valence-electron chi connectivity index (χ3n) is 4.47. The summed E-state index contributed by atoms with van der Waals surface area (Å²) in [5.74, 6) is -0.423. The summed E-state index contributed by atoms with van der Waals surface area (Å²) in [6, 6.07) is 8.10. The van der Waals surface area contributed by atoms with E-state index in [0.717, 1.165) is 50.6 Å². The molecule has 0 saturated carbocycles. The molecule has 144 valence electrons. The van der Waals surface area contributed by atoms with Gasteiger partial charge in [0.1, 0.15) is 5.82 Å². The van der Waals surface area contributed by atoms with Crippen molar-refractivity contribution in [3.8, 4) is 0 Å². The molecule has 0 radical (unpaired) electrons. The molecular weight excluding hydrogens is 347 g/mol. The molecule has 1 saturated heterocycles. The van der Waals surface area contributed by atoms with E-state index in [1.807, 2.05) is 0 Å². The first kappa shape index (κ1) is 19.3. The van der Waals surface area contributed by atoms with Gasteiger partial charge in [0.15, 0.2) is 0 Å². The van der Waals surface area contributed by atoms with E-state index in [2.05, 4.69) is 20.5 Å². The van der Waals surface area contributed by atoms with Crippen molar-refractivity contribution in [2.24, 2.45) is 0 Å². The molecule has 2 aromatic rings. The summed E-state index contributed by atoms with van der Waals surface area (Å²) in [7, 11) is 0. The molecule has 2 heterocycles. The minimum absolute atomic E-state index is 0.165. The molecule has 1 aliphatic rings. The van der Waals surface area contributed by atoms with Gasteiger partial charge in [-0.3, -0.25) is 14.7 Å². The molecule has 1 aromatic carbocycles. The van der Waals surface area contributed by atoms with Crippen LogP contribution in [0.25, 0.3) is 0 Å². The average Bonchev–Trinajstić information content (AvgIpc) is 2.70. The fraction of sp³-hybridized carbons (Fsp3) is 0.400. The highest BCUT2D eigenvalue weighted by Gasteiger charge is 2.10. The van der Waals surface area contributed by atoms with Crippen LogP contribution in [-0.4, -0.2) is 61.7 Å². The SMILES string of the molecule is O=C(NCCc1ccc(F)cc1)c1cncc(NCCN2CCOCC2)c1. The lowest BCUT2D eigenvalue weighted by atomic mass is 10.1. The second-order valence-corrected chi connectivity index (χ2v) is 6.48. The summed E-state index contributed by atoms with van der Waals surface area (Å²) in [5, 5.41) is 6.19. The predicted octanol–water partition coefficient (Wildman–Crippen LogP) is 1.94. The van der Waals surface area contributed by atoms with Gasteiger partial charge in [0, 0.05) is 45.1 Å². The minimum Gasteiger partial charge on any atom is -0.382 e. The molecule has 0 bridgehead atoms. The standard InChI is InChI=1S/C20H25FN4O2/c21-18-3-1-16(2-4-18)5-6-24-20(26)17-13-19(15-22-14-17)23-7-8-25-9-11-27-12-10-25/h1-4,13-15,23H,5-12H2,(H,24,26). The quantitative estimate of drug-likeness (QED) is 0.741. The van der Waals surface area contributed by atoms with Crippen LogP contribution in [0.1, 0.15) is 15.9 Å². The zero-order valence-corrected chi connectivity index (χ0v) is 15.3. The van der Waals surface area contributed by atoms with Crippen LogP contribution in [0.5, 0.6) is 0 Å². The lowest BCUT2D eigenvalue weighted by Gasteiger charge is -2.26. The maximum atomic E-state index is 12.9. The number of rotatable bonds is 8. The molecular formula is C20H25FN4O2. The molecule has 2 N–H and O–H groups in total. The Morgan fingerprint density at radius 3 is 2.70 bits per heavy atom. The Bertz CT molecular complexity index is 733. The van der Waals surface area contributed by atoms with Crippen LogP contribution in [0.15, 0.2) is 42.7 Å². The number of hydrogen-bond acceptors (Lipinski definition) is 5. The highest BCUT2D eigenvalue weighted by Crippen LogP contribution is 2.09. The lowest BCUT2D eigenvalue weighted by Crippen LogP contribution is -2.39. The molecule has 1 fully saturated rings. The average molecular weight is 372 g/mol. The molecule has 1 aliphatic heterocycles. The van der Waals surface area contributed by atoms with Gasteiger partial charge >= 0.3 is 0 Å². The summed E-state index contributed by atoms with van der Waals surface area (Å²) in [4.78, 5) is 18.8. The molecule has 0 aliphatic carbocycles. The van der Waals surface area contributed by atoms with Gasteiger partial charge in [0.05, 0.1) is 24.5 Å². The lowest BCUT2D eigenvalue weighted by molar-refractivity contribution is 0.0398. The van der Waals surface area contributed by atoms with Crippen LogP contribution in [0.4, 0.5) is 10.1 Å². The van der Waals surface area contributed by atoms with Crippen molar-refractivity contribution in [1.29, 1.82) is 0 Å². The van der Waals surface area contributed by atoms with Crippen molar-refractivity contribution in [1.82, 2.24) is 15.2 Å². The minimum atomic E-state index is -0.258. The first-order valence-corrected chi connectivity index (χ1v) is 9.22. The number of nitrogens with zero attached hydrogens (tertiary/aromatic N) is 2. The largest absolute Gasteiger partial charge is 0.382 e.